The van der Waals surface area contributed by atoms with Crippen LogP contribution in [0.3, 0.4) is 0 Å². The standard InChI is InChI=1S/C42H50N4O6/c1-50-28-35-12-7-21-46(35)26-36-24-39(31-19-17-29(27-47)18-20-31)52-42(51-36)34-11-5-10-33(23-34)32-9-4-8-30(22-32)25-44-40(48)15-6-16-41(49)45-38-14-3-2-13-37(38)43/h2-5,8-11,13-14,17-20,22-23,35-36,39,42,47H,6-7,12,15-16,21,24-28,43H2,1H3,(H,44,48)(H,45,49)/t35-,36+,39-,42-/m0/s1. The number of likely N-dealkylation sites (tertiary alicyclic amines) is 1. The molecule has 2 heterocycles. The first-order chi connectivity index (χ1) is 25.4. The highest BCUT2D eigenvalue weighted by atomic mass is 16.7. The Balaban J connectivity index is 1.08. The predicted molar refractivity (Wildman–Crippen MR) is 202 cm³/mol. The van der Waals surface area contributed by atoms with Gasteiger partial charge in [0.15, 0.2) is 6.29 Å². The number of aliphatic hydroxyl groups excluding tert-OH is 1. The monoisotopic (exact) mass is 706 g/mol. The predicted octanol–water partition coefficient (Wildman–Crippen LogP) is 6.51. The number of carbonyl (C=O) groups excluding carboxylic acids is 2. The Morgan fingerprint density at radius 1 is 0.885 bits per heavy atom. The van der Waals surface area contributed by atoms with Crippen molar-refractivity contribution in [2.45, 2.75) is 76.2 Å². The first kappa shape index (κ1) is 37.2. The number of benzene rings is 4. The molecule has 2 amide bonds. The number of nitrogens with one attached hydrogen (secondary N) is 2. The van der Waals surface area contributed by atoms with Crippen LogP contribution >= 0.6 is 0 Å². The zero-order valence-electron chi connectivity index (χ0n) is 29.8. The summed E-state index contributed by atoms with van der Waals surface area (Å²) in [4.78, 5) is 27.4. The molecule has 0 saturated carbocycles. The molecule has 5 N–H and O–H groups in total. The van der Waals surface area contributed by atoms with E-state index in [1.165, 1.54) is 0 Å². The molecule has 2 aliphatic heterocycles. The highest BCUT2D eigenvalue weighted by Gasteiger charge is 2.35. The molecule has 274 valence electrons. The lowest BCUT2D eigenvalue weighted by Gasteiger charge is -2.39. The smallest absolute Gasteiger partial charge is 0.224 e. The fraction of sp³-hybridized carbons (Fsp3) is 0.381. The molecule has 0 aromatic heterocycles. The van der Waals surface area contributed by atoms with Crippen LogP contribution in [0.25, 0.3) is 11.1 Å². The van der Waals surface area contributed by atoms with E-state index in [-0.39, 0.29) is 43.5 Å². The third-order valence-electron chi connectivity index (χ3n) is 9.86. The average Bonchev–Trinajstić information content (AvgIpc) is 3.61. The van der Waals surface area contributed by atoms with E-state index in [1.807, 2.05) is 60.7 Å². The number of methoxy groups -OCH3 is 1. The van der Waals surface area contributed by atoms with E-state index in [0.717, 1.165) is 65.7 Å². The summed E-state index contributed by atoms with van der Waals surface area (Å²) < 4.78 is 18.9. The summed E-state index contributed by atoms with van der Waals surface area (Å²) in [7, 11) is 1.76. The number of para-hydroxylation sites is 2. The Kier molecular flexibility index (Phi) is 13.1. The molecule has 4 aromatic rings. The second-order valence-corrected chi connectivity index (χ2v) is 13.7. The van der Waals surface area contributed by atoms with Gasteiger partial charge in [0.05, 0.1) is 36.8 Å². The topological polar surface area (TPSA) is 135 Å². The minimum Gasteiger partial charge on any atom is -0.397 e. The van der Waals surface area contributed by atoms with Crippen molar-refractivity contribution in [3.8, 4) is 11.1 Å². The zero-order valence-corrected chi connectivity index (χ0v) is 29.8. The van der Waals surface area contributed by atoms with Gasteiger partial charge in [-0.1, -0.05) is 72.8 Å². The Morgan fingerprint density at radius 2 is 1.65 bits per heavy atom. The van der Waals surface area contributed by atoms with Gasteiger partial charge < -0.3 is 35.7 Å². The van der Waals surface area contributed by atoms with E-state index in [9.17, 15) is 14.7 Å². The number of aliphatic hydroxyl groups is 1. The maximum absolute atomic E-state index is 12.6. The Labute approximate surface area is 306 Å². The number of hydrogen-bond donors (Lipinski definition) is 4. The highest BCUT2D eigenvalue weighted by Crippen LogP contribution is 2.39. The Hall–Kier alpha value is -4.58. The lowest BCUT2D eigenvalue weighted by atomic mass is 9.98. The molecule has 4 atom stereocenters. The van der Waals surface area contributed by atoms with E-state index in [2.05, 4.69) is 39.8 Å². The highest BCUT2D eigenvalue weighted by molar-refractivity contribution is 5.94. The summed E-state index contributed by atoms with van der Waals surface area (Å²) >= 11 is 0. The van der Waals surface area contributed by atoms with Crippen molar-refractivity contribution in [2.75, 3.05) is 37.9 Å². The molecule has 10 heteroatoms. The zero-order chi connectivity index (χ0) is 36.3. The third kappa shape index (κ3) is 10.1. The van der Waals surface area contributed by atoms with Gasteiger partial charge >= 0.3 is 0 Å². The molecule has 0 spiro atoms. The minimum atomic E-state index is -0.556. The van der Waals surface area contributed by atoms with Gasteiger partial charge in [-0.3, -0.25) is 14.5 Å². The van der Waals surface area contributed by atoms with Gasteiger partial charge in [0.25, 0.3) is 0 Å². The van der Waals surface area contributed by atoms with Crippen molar-refractivity contribution in [3.63, 3.8) is 0 Å². The number of anilines is 2. The van der Waals surface area contributed by atoms with Crippen molar-refractivity contribution in [3.05, 3.63) is 119 Å². The third-order valence-corrected chi connectivity index (χ3v) is 9.86. The largest absolute Gasteiger partial charge is 0.397 e. The number of nitrogens with two attached hydrogens (primary N) is 1. The maximum Gasteiger partial charge on any atom is 0.224 e. The molecule has 6 rings (SSSR count). The second kappa shape index (κ2) is 18.3. The number of hydrogen-bond acceptors (Lipinski definition) is 8. The summed E-state index contributed by atoms with van der Waals surface area (Å²) in [5, 5.41) is 15.4. The molecule has 2 aliphatic rings. The van der Waals surface area contributed by atoms with Crippen molar-refractivity contribution in [1.29, 1.82) is 0 Å². The van der Waals surface area contributed by atoms with Gasteiger partial charge in [0, 0.05) is 51.1 Å². The number of nitrogens with zero attached hydrogens (tertiary/aromatic N) is 1. The lowest BCUT2D eigenvalue weighted by molar-refractivity contribution is -0.253. The fourth-order valence-corrected chi connectivity index (χ4v) is 7.06. The van der Waals surface area contributed by atoms with Crippen LogP contribution < -0.4 is 16.4 Å². The van der Waals surface area contributed by atoms with E-state index in [1.54, 1.807) is 19.2 Å². The number of rotatable bonds is 15. The molecule has 2 fully saturated rings. The molecule has 10 nitrogen and oxygen atoms in total. The number of carbonyl (C=O) groups is 2. The van der Waals surface area contributed by atoms with Crippen LogP contribution in [-0.4, -0.2) is 60.8 Å². The van der Waals surface area contributed by atoms with Gasteiger partial charge in [0.1, 0.15) is 0 Å². The van der Waals surface area contributed by atoms with Crippen LogP contribution in [0.15, 0.2) is 97.1 Å². The van der Waals surface area contributed by atoms with E-state index < -0.39 is 6.29 Å². The summed E-state index contributed by atoms with van der Waals surface area (Å²) in [6.07, 6.45) is 3.17. The molecular weight excluding hydrogens is 656 g/mol. The summed E-state index contributed by atoms with van der Waals surface area (Å²) in [5.74, 6) is -0.279. The number of nitrogen functional groups attached to an aromatic ring is 1. The van der Waals surface area contributed by atoms with Crippen molar-refractivity contribution in [1.82, 2.24) is 10.2 Å². The van der Waals surface area contributed by atoms with Gasteiger partial charge in [-0.05, 0) is 77.9 Å². The molecule has 0 radical (unpaired) electrons. The number of amides is 2. The number of ether oxygens (including phenoxy) is 3. The maximum atomic E-state index is 12.6. The molecule has 52 heavy (non-hydrogen) atoms. The lowest BCUT2D eigenvalue weighted by Crippen LogP contribution is -2.42. The molecule has 0 aliphatic carbocycles. The SMILES string of the molecule is COC[C@@H]1CCCN1C[C@H]1C[C@@H](c2ccc(CO)cc2)O[C@@H](c2cccc(-c3cccc(CNC(=O)CCCC(=O)Nc4ccccc4N)c3)c2)O1. The molecular formula is C42H50N4O6. The Bertz CT molecular complexity index is 1780. The molecule has 0 bridgehead atoms. The Morgan fingerprint density at radius 3 is 2.44 bits per heavy atom. The molecule has 4 aromatic carbocycles. The normalized spacial score (nSPS) is 20.4. The van der Waals surface area contributed by atoms with Gasteiger partial charge in [-0.15, -0.1) is 0 Å². The summed E-state index contributed by atoms with van der Waals surface area (Å²) in [6.45, 7) is 2.94. The summed E-state index contributed by atoms with van der Waals surface area (Å²) in [6, 6.07) is 31.9. The average molecular weight is 707 g/mol. The van der Waals surface area contributed by atoms with Crippen molar-refractivity contribution >= 4 is 23.2 Å². The first-order valence-corrected chi connectivity index (χ1v) is 18.2. The van der Waals surface area contributed by atoms with Gasteiger partial charge in [0.2, 0.25) is 11.8 Å². The first-order valence-electron chi connectivity index (χ1n) is 18.2. The van der Waals surface area contributed by atoms with Crippen LogP contribution in [0.4, 0.5) is 11.4 Å². The van der Waals surface area contributed by atoms with E-state index in [0.29, 0.717) is 37.0 Å². The van der Waals surface area contributed by atoms with Crippen LogP contribution in [-0.2, 0) is 37.0 Å². The molecule has 2 saturated heterocycles. The molecule has 0 unspecified atom stereocenters. The van der Waals surface area contributed by atoms with Crippen LogP contribution in [0.5, 0.6) is 0 Å². The van der Waals surface area contributed by atoms with Crippen LogP contribution in [0, 0.1) is 0 Å². The van der Waals surface area contributed by atoms with Crippen LogP contribution in [0.1, 0.15) is 73.2 Å². The van der Waals surface area contributed by atoms with Gasteiger partial charge in [-0.2, -0.15) is 0 Å². The fourth-order valence-electron chi connectivity index (χ4n) is 7.06. The summed E-state index contributed by atoms with van der Waals surface area (Å²) in [5.41, 5.74) is 12.9. The van der Waals surface area contributed by atoms with Crippen LogP contribution in [0.2, 0.25) is 0 Å². The van der Waals surface area contributed by atoms with Gasteiger partial charge in [-0.25, -0.2) is 0 Å². The van der Waals surface area contributed by atoms with Crippen molar-refractivity contribution < 1.29 is 28.9 Å². The second-order valence-electron chi connectivity index (χ2n) is 13.7. The quantitative estimate of drug-likeness (QED) is 0.103. The minimum absolute atomic E-state index is 0.00256. The van der Waals surface area contributed by atoms with E-state index in [4.69, 9.17) is 19.9 Å². The van der Waals surface area contributed by atoms with E-state index >= 15 is 0 Å². The van der Waals surface area contributed by atoms with Crippen molar-refractivity contribution in [2.24, 2.45) is 0 Å².